The van der Waals surface area contributed by atoms with Crippen LogP contribution in [-0.2, 0) is 4.79 Å². The van der Waals surface area contributed by atoms with Gasteiger partial charge in [0, 0.05) is 18.6 Å². The molecule has 110 valence electrons. The van der Waals surface area contributed by atoms with E-state index in [0.717, 1.165) is 29.4 Å². The first-order valence-electron chi connectivity index (χ1n) is 7.34. The lowest BCUT2D eigenvalue weighted by Gasteiger charge is -2.11. The van der Waals surface area contributed by atoms with Crippen LogP contribution in [0.3, 0.4) is 0 Å². The molecule has 2 heterocycles. The highest BCUT2D eigenvalue weighted by Gasteiger charge is 2.31. The van der Waals surface area contributed by atoms with Gasteiger partial charge in [-0.15, -0.1) is 0 Å². The molecule has 0 amide bonds. The summed E-state index contributed by atoms with van der Waals surface area (Å²) in [6.07, 6.45) is 2.73. The summed E-state index contributed by atoms with van der Waals surface area (Å²) >= 11 is 0. The van der Waals surface area contributed by atoms with Crippen LogP contribution >= 0.6 is 0 Å². The topological polar surface area (TPSA) is 87.1 Å². The van der Waals surface area contributed by atoms with E-state index < -0.39 is 5.97 Å². The fourth-order valence-corrected chi connectivity index (χ4v) is 3.24. The molecule has 1 aliphatic carbocycles. The van der Waals surface area contributed by atoms with E-state index >= 15 is 0 Å². The first kappa shape index (κ1) is 12.6. The summed E-state index contributed by atoms with van der Waals surface area (Å²) in [5, 5.41) is 12.3. The standard InChI is InChI=1S/C15H17N3O3/c19-14(20)9-6-11(16-7-9)8-1-4-13-12(5-8)17-15(21)18(13)10-2-3-10/h1,4-5,9-11,16H,2-3,6-7H2,(H,17,21)(H,19,20). The van der Waals surface area contributed by atoms with Gasteiger partial charge < -0.3 is 15.4 Å². The van der Waals surface area contributed by atoms with Crippen LogP contribution in [-0.4, -0.2) is 27.2 Å². The van der Waals surface area contributed by atoms with Gasteiger partial charge in [-0.3, -0.25) is 9.36 Å². The molecule has 2 fully saturated rings. The fraction of sp³-hybridized carbons (Fsp3) is 0.467. The summed E-state index contributed by atoms with van der Waals surface area (Å²) in [6.45, 7) is 0.498. The molecule has 1 saturated heterocycles. The number of rotatable bonds is 3. The summed E-state index contributed by atoms with van der Waals surface area (Å²) in [5.74, 6) is -1.08. The Hall–Kier alpha value is -2.08. The van der Waals surface area contributed by atoms with Crippen molar-refractivity contribution >= 4 is 17.0 Å². The van der Waals surface area contributed by atoms with E-state index in [9.17, 15) is 9.59 Å². The lowest BCUT2D eigenvalue weighted by atomic mass is 10.00. The van der Waals surface area contributed by atoms with Gasteiger partial charge in [0.15, 0.2) is 0 Å². The van der Waals surface area contributed by atoms with Crippen LogP contribution in [0.2, 0.25) is 0 Å². The first-order valence-corrected chi connectivity index (χ1v) is 7.34. The van der Waals surface area contributed by atoms with Crippen LogP contribution in [0.5, 0.6) is 0 Å². The molecular formula is C15H17N3O3. The lowest BCUT2D eigenvalue weighted by Crippen LogP contribution is -2.17. The number of carboxylic acids is 1. The third-order valence-electron chi connectivity index (χ3n) is 4.54. The van der Waals surface area contributed by atoms with Gasteiger partial charge in [-0.25, -0.2) is 4.79 Å². The second-order valence-corrected chi connectivity index (χ2v) is 6.04. The highest BCUT2D eigenvalue weighted by molar-refractivity contribution is 5.77. The summed E-state index contributed by atoms with van der Waals surface area (Å²) in [7, 11) is 0. The molecule has 1 aromatic heterocycles. The molecule has 6 heteroatoms. The van der Waals surface area contributed by atoms with Crippen LogP contribution < -0.4 is 11.0 Å². The van der Waals surface area contributed by atoms with Gasteiger partial charge in [0.05, 0.1) is 17.0 Å². The average molecular weight is 287 g/mol. The quantitative estimate of drug-likeness (QED) is 0.796. The molecule has 6 nitrogen and oxygen atoms in total. The third kappa shape index (κ3) is 2.06. The molecular weight excluding hydrogens is 270 g/mol. The van der Waals surface area contributed by atoms with E-state index in [1.807, 2.05) is 22.8 Å². The van der Waals surface area contributed by atoms with E-state index in [4.69, 9.17) is 5.11 Å². The van der Waals surface area contributed by atoms with Crippen LogP contribution in [0.1, 0.15) is 36.9 Å². The number of imidazole rings is 1. The van der Waals surface area contributed by atoms with Crippen molar-refractivity contribution in [1.82, 2.24) is 14.9 Å². The number of fused-ring (bicyclic) bond motifs is 1. The molecule has 0 radical (unpaired) electrons. The van der Waals surface area contributed by atoms with Crippen LogP contribution in [0.15, 0.2) is 23.0 Å². The molecule has 21 heavy (non-hydrogen) atoms. The molecule has 2 unspecified atom stereocenters. The van der Waals surface area contributed by atoms with Crippen molar-refractivity contribution < 1.29 is 9.90 Å². The number of H-pyrrole nitrogens is 1. The Morgan fingerprint density at radius 2 is 2.14 bits per heavy atom. The van der Waals surface area contributed by atoms with Crippen LogP contribution in [0.25, 0.3) is 11.0 Å². The molecule has 2 aromatic rings. The third-order valence-corrected chi connectivity index (χ3v) is 4.54. The minimum absolute atomic E-state index is 0.0447. The molecule has 1 aromatic carbocycles. The van der Waals surface area contributed by atoms with Crippen molar-refractivity contribution in [3.8, 4) is 0 Å². The highest BCUT2D eigenvalue weighted by atomic mass is 16.4. The normalized spacial score (nSPS) is 25.5. The summed E-state index contributed by atoms with van der Waals surface area (Å²) < 4.78 is 1.83. The molecule has 2 atom stereocenters. The Morgan fingerprint density at radius 1 is 1.33 bits per heavy atom. The number of nitrogens with zero attached hydrogens (tertiary/aromatic N) is 1. The second-order valence-electron chi connectivity index (χ2n) is 6.04. The Balaban J connectivity index is 1.69. The smallest absolute Gasteiger partial charge is 0.326 e. The Kier molecular flexibility index (Phi) is 2.68. The van der Waals surface area contributed by atoms with Gasteiger partial charge in [0.2, 0.25) is 0 Å². The minimum atomic E-state index is -0.751. The maximum Gasteiger partial charge on any atom is 0.326 e. The van der Waals surface area contributed by atoms with E-state index in [0.29, 0.717) is 19.0 Å². The highest BCUT2D eigenvalue weighted by Crippen LogP contribution is 2.36. The van der Waals surface area contributed by atoms with Gasteiger partial charge in [0.25, 0.3) is 0 Å². The summed E-state index contributed by atoms with van der Waals surface area (Å²) in [4.78, 5) is 25.9. The second kappa shape index (κ2) is 4.46. The molecule has 1 saturated carbocycles. The Morgan fingerprint density at radius 3 is 2.81 bits per heavy atom. The van der Waals surface area contributed by atoms with Gasteiger partial charge in [-0.2, -0.15) is 0 Å². The van der Waals surface area contributed by atoms with Crippen LogP contribution in [0, 0.1) is 5.92 Å². The maximum absolute atomic E-state index is 12.0. The predicted molar refractivity (Wildman–Crippen MR) is 77.3 cm³/mol. The Labute approximate surface area is 120 Å². The zero-order valence-corrected chi connectivity index (χ0v) is 11.5. The number of carbonyl (C=O) groups is 1. The van der Waals surface area contributed by atoms with Crippen molar-refractivity contribution in [3.05, 3.63) is 34.2 Å². The number of aliphatic carboxylic acids is 1. The number of carboxylic acid groups (broad SMARTS) is 1. The number of benzene rings is 1. The fourth-order valence-electron chi connectivity index (χ4n) is 3.24. The van der Waals surface area contributed by atoms with Gasteiger partial charge in [-0.1, -0.05) is 6.07 Å². The number of aromatic nitrogens is 2. The monoisotopic (exact) mass is 287 g/mol. The summed E-state index contributed by atoms with van der Waals surface area (Å²) in [6, 6.07) is 6.33. The molecule has 3 N–H and O–H groups in total. The van der Waals surface area contributed by atoms with E-state index in [1.54, 1.807) is 0 Å². The summed E-state index contributed by atoms with van der Waals surface area (Å²) in [5.41, 5.74) is 2.77. The maximum atomic E-state index is 12.0. The predicted octanol–water partition coefficient (Wildman–Crippen LogP) is 1.40. The van der Waals surface area contributed by atoms with Gasteiger partial charge in [0.1, 0.15) is 0 Å². The van der Waals surface area contributed by atoms with Crippen molar-refractivity contribution in [2.75, 3.05) is 6.54 Å². The first-order chi connectivity index (χ1) is 10.1. The minimum Gasteiger partial charge on any atom is -0.481 e. The largest absolute Gasteiger partial charge is 0.481 e. The van der Waals surface area contributed by atoms with E-state index in [-0.39, 0.29) is 17.6 Å². The number of hydrogen-bond acceptors (Lipinski definition) is 3. The van der Waals surface area contributed by atoms with Crippen molar-refractivity contribution in [3.63, 3.8) is 0 Å². The molecule has 0 bridgehead atoms. The molecule has 4 rings (SSSR count). The van der Waals surface area contributed by atoms with Crippen molar-refractivity contribution in [2.45, 2.75) is 31.3 Å². The SMILES string of the molecule is O=C(O)C1CNC(c2ccc3c(c2)[nH]c(=O)n3C2CC2)C1. The van der Waals surface area contributed by atoms with E-state index in [1.165, 1.54) is 0 Å². The van der Waals surface area contributed by atoms with Crippen molar-refractivity contribution in [2.24, 2.45) is 5.92 Å². The zero-order chi connectivity index (χ0) is 14.6. The van der Waals surface area contributed by atoms with Crippen LogP contribution in [0.4, 0.5) is 0 Å². The lowest BCUT2D eigenvalue weighted by molar-refractivity contribution is -0.141. The molecule has 0 spiro atoms. The van der Waals surface area contributed by atoms with E-state index in [2.05, 4.69) is 10.3 Å². The Bertz CT molecular complexity index is 772. The number of nitrogens with one attached hydrogen (secondary N) is 2. The molecule has 1 aliphatic heterocycles. The number of hydrogen-bond donors (Lipinski definition) is 3. The molecule has 2 aliphatic rings. The van der Waals surface area contributed by atoms with Gasteiger partial charge >= 0.3 is 11.7 Å². The zero-order valence-electron chi connectivity index (χ0n) is 11.5. The number of aromatic amines is 1. The average Bonchev–Trinajstić information content (AvgIpc) is 3.05. The van der Waals surface area contributed by atoms with Gasteiger partial charge in [-0.05, 0) is 37.0 Å². The van der Waals surface area contributed by atoms with Crippen molar-refractivity contribution in [1.29, 1.82) is 0 Å².